The first kappa shape index (κ1) is 15.7. The Morgan fingerprint density at radius 2 is 2.24 bits per heavy atom. The van der Waals surface area contributed by atoms with Gasteiger partial charge in [-0.3, -0.25) is 16.0 Å². The van der Waals surface area contributed by atoms with Crippen LogP contribution in [0.3, 0.4) is 0 Å². The molecule has 1 fully saturated rings. The molecule has 8 nitrogen and oxygen atoms in total. The molecule has 1 unspecified atom stereocenters. The van der Waals surface area contributed by atoms with Gasteiger partial charge < -0.3 is 5.43 Å². The number of nitrogen functional groups attached to an aromatic ring is 1. The van der Waals surface area contributed by atoms with E-state index in [0.29, 0.717) is 13.0 Å². The molecule has 0 aliphatic carbocycles. The number of hydrogen-bond acceptors (Lipinski definition) is 6. The summed E-state index contributed by atoms with van der Waals surface area (Å²) in [6, 6.07) is 3.68. The number of nitrogens with one attached hydrogen (secondary N) is 1. The van der Waals surface area contributed by atoms with Crippen molar-refractivity contribution in [2.75, 3.05) is 12.0 Å². The number of nitrogens with zero attached hydrogens (tertiary/aromatic N) is 2. The Labute approximate surface area is 123 Å². The van der Waals surface area contributed by atoms with E-state index in [0.717, 1.165) is 18.9 Å². The molecule has 0 radical (unpaired) electrons. The van der Waals surface area contributed by atoms with Crippen LogP contribution in [0.4, 0.5) is 11.4 Å². The van der Waals surface area contributed by atoms with Crippen molar-refractivity contribution in [2.24, 2.45) is 5.84 Å². The average Bonchev–Trinajstić information content (AvgIpc) is 2.95. The molecule has 0 saturated carbocycles. The summed E-state index contributed by atoms with van der Waals surface area (Å²) < 4.78 is 26.8. The van der Waals surface area contributed by atoms with E-state index in [1.54, 1.807) is 0 Å². The lowest BCUT2D eigenvalue weighted by Crippen LogP contribution is -2.35. The minimum Gasteiger partial charge on any atom is -0.324 e. The number of rotatable bonds is 5. The smallest absolute Gasteiger partial charge is 0.291 e. The lowest BCUT2D eigenvalue weighted by atomic mass is 10.2. The van der Waals surface area contributed by atoms with Crippen molar-refractivity contribution in [3.05, 3.63) is 28.3 Å². The number of nitro groups is 1. The maximum atomic E-state index is 12.7. The van der Waals surface area contributed by atoms with E-state index in [1.807, 2.05) is 6.92 Å². The zero-order valence-electron chi connectivity index (χ0n) is 11.7. The van der Waals surface area contributed by atoms with Crippen LogP contribution in [0, 0.1) is 10.1 Å². The fraction of sp³-hybridized carbons (Fsp3) is 0.500. The predicted octanol–water partition coefficient (Wildman–Crippen LogP) is 1.44. The molecule has 3 N–H and O–H groups in total. The van der Waals surface area contributed by atoms with E-state index >= 15 is 0 Å². The fourth-order valence-corrected chi connectivity index (χ4v) is 4.53. The number of hydrogen-bond donors (Lipinski definition) is 2. The monoisotopic (exact) mass is 314 g/mol. The highest BCUT2D eigenvalue weighted by atomic mass is 32.2. The molecule has 0 aromatic heterocycles. The summed E-state index contributed by atoms with van der Waals surface area (Å²) in [4.78, 5) is 10.2. The number of anilines is 1. The molecule has 0 spiro atoms. The maximum absolute atomic E-state index is 12.7. The van der Waals surface area contributed by atoms with Crippen LogP contribution >= 0.6 is 0 Å². The molecule has 1 saturated heterocycles. The molecule has 21 heavy (non-hydrogen) atoms. The molecule has 1 atom stereocenters. The van der Waals surface area contributed by atoms with Crippen molar-refractivity contribution >= 4 is 21.4 Å². The summed E-state index contributed by atoms with van der Waals surface area (Å²) in [6.45, 7) is 2.31. The van der Waals surface area contributed by atoms with Gasteiger partial charge in [-0.05, 0) is 31.4 Å². The van der Waals surface area contributed by atoms with Crippen LogP contribution in [0.1, 0.15) is 26.2 Å². The molecule has 1 heterocycles. The Balaban J connectivity index is 2.52. The van der Waals surface area contributed by atoms with Gasteiger partial charge in [-0.1, -0.05) is 6.92 Å². The molecule has 1 aromatic carbocycles. The average molecular weight is 314 g/mol. The SMILES string of the molecule is CCC1CCCN1S(=O)(=O)c1ccc(NN)cc1[N+](=O)[O-]. The maximum Gasteiger partial charge on any atom is 0.291 e. The molecule has 0 amide bonds. The molecule has 1 aliphatic rings. The highest BCUT2D eigenvalue weighted by molar-refractivity contribution is 7.89. The second-order valence-corrected chi connectivity index (χ2v) is 6.76. The minimum absolute atomic E-state index is 0.0954. The van der Waals surface area contributed by atoms with Gasteiger partial charge in [0, 0.05) is 18.7 Å². The van der Waals surface area contributed by atoms with Gasteiger partial charge in [0.15, 0.2) is 4.90 Å². The number of hydrazine groups is 1. The third-order valence-electron chi connectivity index (χ3n) is 3.70. The molecular formula is C12H18N4O4S. The van der Waals surface area contributed by atoms with Crippen molar-refractivity contribution in [1.29, 1.82) is 0 Å². The Morgan fingerprint density at radius 3 is 2.81 bits per heavy atom. The molecular weight excluding hydrogens is 296 g/mol. The van der Waals surface area contributed by atoms with Crippen LogP contribution in [0.15, 0.2) is 23.1 Å². The summed E-state index contributed by atoms with van der Waals surface area (Å²) in [6.07, 6.45) is 2.25. The Hall–Kier alpha value is -1.71. The summed E-state index contributed by atoms with van der Waals surface area (Å²) in [5.74, 6) is 5.21. The van der Waals surface area contributed by atoms with Crippen LogP contribution in [0.5, 0.6) is 0 Å². The first-order valence-corrected chi connectivity index (χ1v) is 8.12. The summed E-state index contributed by atoms with van der Waals surface area (Å²) in [5, 5.41) is 11.2. The standard InChI is InChI=1S/C12H18N4O4S/c1-2-10-4-3-7-15(10)21(19,20)12-6-5-9(14-13)8-11(12)16(17)18/h5-6,8,10,14H,2-4,7,13H2,1H3. The highest BCUT2D eigenvalue weighted by Crippen LogP contribution is 2.33. The van der Waals surface area contributed by atoms with Crippen LogP contribution in [0.25, 0.3) is 0 Å². The van der Waals surface area contributed by atoms with E-state index in [4.69, 9.17) is 5.84 Å². The van der Waals surface area contributed by atoms with Gasteiger partial charge in [-0.15, -0.1) is 0 Å². The Bertz CT molecular complexity index is 647. The molecule has 1 aromatic rings. The number of nitrogens with two attached hydrogens (primary N) is 1. The lowest BCUT2D eigenvalue weighted by Gasteiger charge is -2.22. The van der Waals surface area contributed by atoms with Gasteiger partial charge in [0.05, 0.1) is 10.6 Å². The first-order valence-electron chi connectivity index (χ1n) is 6.68. The van der Waals surface area contributed by atoms with Gasteiger partial charge in [0.1, 0.15) is 0 Å². The van der Waals surface area contributed by atoms with Crippen molar-refractivity contribution in [3.63, 3.8) is 0 Å². The molecule has 2 rings (SSSR count). The van der Waals surface area contributed by atoms with Crippen molar-refractivity contribution in [3.8, 4) is 0 Å². The largest absolute Gasteiger partial charge is 0.324 e. The van der Waals surface area contributed by atoms with Gasteiger partial charge in [-0.25, -0.2) is 8.42 Å². The minimum atomic E-state index is -3.88. The number of benzene rings is 1. The quantitative estimate of drug-likeness (QED) is 0.482. The van der Waals surface area contributed by atoms with E-state index in [9.17, 15) is 18.5 Å². The third kappa shape index (κ3) is 2.85. The summed E-state index contributed by atoms with van der Waals surface area (Å²) in [7, 11) is -3.88. The highest BCUT2D eigenvalue weighted by Gasteiger charge is 2.38. The van der Waals surface area contributed by atoms with Crippen molar-refractivity contribution in [2.45, 2.75) is 37.1 Å². The zero-order valence-corrected chi connectivity index (χ0v) is 12.5. The van der Waals surface area contributed by atoms with Gasteiger partial charge in [0.2, 0.25) is 10.0 Å². The van der Waals surface area contributed by atoms with Crippen molar-refractivity contribution in [1.82, 2.24) is 4.31 Å². The molecule has 1 aliphatic heterocycles. The normalized spacial score (nSPS) is 19.6. The van der Waals surface area contributed by atoms with Crippen LogP contribution in [-0.4, -0.2) is 30.2 Å². The van der Waals surface area contributed by atoms with E-state index < -0.39 is 20.6 Å². The number of nitro benzene ring substituents is 1. The van der Waals surface area contributed by atoms with Crippen molar-refractivity contribution < 1.29 is 13.3 Å². The predicted molar refractivity (Wildman–Crippen MR) is 78.1 cm³/mol. The summed E-state index contributed by atoms with van der Waals surface area (Å²) in [5.41, 5.74) is 2.10. The van der Waals surface area contributed by atoms with E-state index in [1.165, 1.54) is 16.4 Å². The Morgan fingerprint density at radius 1 is 1.52 bits per heavy atom. The van der Waals surface area contributed by atoms with Gasteiger partial charge >= 0.3 is 0 Å². The third-order valence-corrected chi connectivity index (χ3v) is 5.70. The van der Waals surface area contributed by atoms with Crippen LogP contribution < -0.4 is 11.3 Å². The first-order chi connectivity index (χ1) is 9.91. The van der Waals surface area contributed by atoms with Gasteiger partial charge in [0.25, 0.3) is 5.69 Å². The Kier molecular flexibility index (Phi) is 4.45. The van der Waals surface area contributed by atoms with Crippen LogP contribution in [0.2, 0.25) is 0 Å². The van der Waals surface area contributed by atoms with E-state index in [2.05, 4.69) is 5.43 Å². The fourth-order valence-electron chi connectivity index (χ4n) is 2.63. The zero-order chi connectivity index (χ0) is 15.6. The second kappa shape index (κ2) is 5.96. The number of sulfonamides is 1. The summed E-state index contributed by atoms with van der Waals surface area (Å²) >= 11 is 0. The van der Waals surface area contributed by atoms with Gasteiger partial charge in [-0.2, -0.15) is 4.31 Å². The van der Waals surface area contributed by atoms with E-state index in [-0.39, 0.29) is 16.6 Å². The van der Waals surface area contributed by atoms with Crippen LogP contribution in [-0.2, 0) is 10.0 Å². The molecule has 116 valence electrons. The molecule has 9 heteroatoms. The lowest BCUT2D eigenvalue weighted by molar-refractivity contribution is -0.387. The topological polar surface area (TPSA) is 119 Å². The second-order valence-electron chi connectivity index (χ2n) is 4.90. The molecule has 0 bridgehead atoms.